The molecule has 84 valence electrons. The monoisotopic (exact) mass is 220 g/mol. The molecule has 0 nitrogen and oxygen atoms in total. The van der Waals surface area contributed by atoms with Gasteiger partial charge in [-0.05, 0) is 0 Å². The van der Waals surface area contributed by atoms with Crippen LogP contribution in [0.25, 0.3) is 0 Å². The van der Waals surface area contributed by atoms with Crippen LogP contribution in [0.2, 0.25) is 0 Å². The smallest absolute Gasteiger partial charge is 0.216 e. The molecule has 0 atom stereocenters. The van der Waals surface area contributed by atoms with Gasteiger partial charge in [0, 0.05) is 26.0 Å². The average Bonchev–Trinajstić information content (AvgIpc) is 1.81. The fourth-order valence-corrected chi connectivity index (χ4v) is 0.221. The third-order valence-electron chi connectivity index (χ3n) is 0.711. The lowest BCUT2D eigenvalue weighted by molar-refractivity contribution is 0.0754. The Kier molecular flexibility index (Phi) is 7.21. The van der Waals surface area contributed by atoms with Crippen LogP contribution in [0, 0.1) is 0 Å². The van der Waals surface area contributed by atoms with Crippen molar-refractivity contribution >= 4 is 0 Å². The Bertz CT molecular complexity index is 161. The molecule has 0 aliphatic carbocycles. The minimum absolute atomic E-state index is 0.167. The minimum Gasteiger partial charge on any atom is -0.216 e. The second kappa shape index (κ2) is 6.50. The fourth-order valence-electron chi connectivity index (χ4n) is 0.221. The minimum atomic E-state index is -3.01. The van der Waals surface area contributed by atoms with Crippen molar-refractivity contribution in [2.45, 2.75) is 25.7 Å². The Morgan fingerprint density at radius 3 is 0.929 bits per heavy atom. The molecule has 0 heterocycles. The van der Waals surface area contributed by atoms with E-state index in [0.717, 1.165) is 0 Å². The summed E-state index contributed by atoms with van der Waals surface area (Å²) in [6, 6.07) is 0. The van der Waals surface area contributed by atoms with E-state index >= 15 is 0 Å². The molecule has 0 aliphatic heterocycles. The van der Waals surface area contributed by atoms with E-state index in [1.165, 1.54) is 0 Å². The van der Waals surface area contributed by atoms with Crippen molar-refractivity contribution in [3.05, 3.63) is 24.8 Å². The zero-order chi connectivity index (χ0) is 11.8. The van der Waals surface area contributed by atoms with Crippen molar-refractivity contribution in [3.63, 3.8) is 0 Å². The van der Waals surface area contributed by atoms with Crippen molar-refractivity contribution in [1.82, 2.24) is 0 Å². The first-order valence-corrected chi connectivity index (χ1v) is 3.44. The highest BCUT2D eigenvalue weighted by atomic mass is 19.3. The zero-order valence-electron chi connectivity index (χ0n) is 7.58. The van der Waals surface area contributed by atoms with E-state index in [1.54, 1.807) is 0 Å². The summed E-state index contributed by atoms with van der Waals surface area (Å²) in [4.78, 5) is 0. The molecule has 0 radical (unpaired) electrons. The second-order valence-corrected chi connectivity index (χ2v) is 2.50. The van der Waals surface area contributed by atoms with Crippen molar-refractivity contribution < 1.29 is 26.3 Å². The van der Waals surface area contributed by atoms with Crippen LogP contribution < -0.4 is 0 Å². The molecule has 0 spiro atoms. The maximum absolute atomic E-state index is 11.4. The van der Waals surface area contributed by atoms with Crippen molar-refractivity contribution in [1.29, 1.82) is 0 Å². The quantitative estimate of drug-likeness (QED) is 0.610. The summed E-state index contributed by atoms with van der Waals surface area (Å²) in [5.74, 6) is -6.01. The Morgan fingerprint density at radius 1 is 0.714 bits per heavy atom. The van der Waals surface area contributed by atoms with Crippen LogP contribution in [0.3, 0.4) is 0 Å². The van der Waals surface area contributed by atoms with Gasteiger partial charge in [0.25, 0.3) is 11.8 Å². The molecular weight excluding hydrogens is 210 g/mol. The summed E-state index contributed by atoms with van der Waals surface area (Å²) < 4.78 is 67.2. The van der Waals surface area contributed by atoms with Crippen molar-refractivity contribution in [2.24, 2.45) is 0 Å². The van der Waals surface area contributed by atoms with Gasteiger partial charge in [-0.2, -0.15) is 0 Å². The Labute approximate surface area is 77.9 Å². The molecule has 0 unspecified atom stereocenters. The van der Waals surface area contributed by atoms with Crippen LogP contribution in [0.15, 0.2) is 24.8 Å². The lowest BCUT2D eigenvalue weighted by atomic mass is 10.4. The Hall–Kier alpha value is -0.940. The lowest BCUT2D eigenvalue weighted by Gasteiger charge is -1.97. The number of halogens is 6. The molecule has 0 N–H and O–H groups in total. The largest absolute Gasteiger partial charge is 0.266 e. The number of hydrogen-bond donors (Lipinski definition) is 0. The molecule has 0 aliphatic rings. The van der Waals surface area contributed by atoms with Gasteiger partial charge in [0.2, 0.25) is 0 Å². The van der Waals surface area contributed by atoms with Gasteiger partial charge in [-0.1, -0.05) is 0 Å². The van der Waals surface area contributed by atoms with E-state index in [0.29, 0.717) is 13.8 Å². The van der Waals surface area contributed by atoms with Crippen LogP contribution in [0.4, 0.5) is 26.3 Å². The highest BCUT2D eigenvalue weighted by Gasteiger charge is 2.15. The Morgan fingerprint density at radius 2 is 0.929 bits per heavy atom. The maximum atomic E-state index is 11.4. The summed E-state index contributed by atoms with van der Waals surface area (Å²) in [6.45, 7) is 1.23. The topological polar surface area (TPSA) is 0 Å². The number of allylic oxidation sites excluding steroid dienone is 2. The van der Waals surface area contributed by atoms with E-state index in [2.05, 4.69) is 0 Å². The van der Waals surface area contributed by atoms with Gasteiger partial charge >= 0.3 is 0 Å². The zero-order valence-corrected chi connectivity index (χ0v) is 7.58. The first-order valence-electron chi connectivity index (χ1n) is 3.44. The molecule has 0 saturated heterocycles. The highest BCUT2D eigenvalue weighted by Crippen LogP contribution is 2.12. The van der Waals surface area contributed by atoms with Gasteiger partial charge in [0.05, 0.1) is 12.7 Å². The van der Waals surface area contributed by atoms with Gasteiger partial charge in [-0.25, -0.2) is 26.3 Å². The molecule has 0 aromatic heterocycles. The molecule has 0 aromatic carbocycles. The van der Waals surface area contributed by atoms with Gasteiger partial charge in [0.15, 0.2) is 0 Å². The number of rotatable bonds is 2. The number of hydrogen-bond acceptors (Lipinski definition) is 0. The van der Waals surface area contributed by atoms with Crippen LogP contribution in [0.1, 0.15) is 13.8 Å². The van der Waals surface area contributed by atoms with Crippen LogP contribution in [-0.2, 0) is 0 Å². The normalized spacial score (nSPS) is 13.1. The molecule has 0 fully saturated rings. The third kappa shape index (κ3) is 22.5. The highest BCUT2D eigenvalue weighted by molar-refractivity contribution is 4.85. The van der Waals surface area contributed by atoms with Gasteiger partial charge < -0.3 is 0 Å². The van der Waals surface area contributed by atoms with Crippen molar-refractivity contribution in [2.75, 3.05) is 0 Å². The molecule has 0 rings (SSSR count). The first kappa shape index (κ1) is 15.5. The summed E-state index contributed by atoms with van der Waals surface area (Å²) >= 11 is 0. The average molecular weight is 220 g/mol. The maximum Gasteiger partial charge on any atom is 0.266 e. The molecule has 0 aromatic rings. The standard InChI is InChI=1S/2C4H5F3/c2*1-4(6,7)2-3-5/h2*2-3H,1H3. The first-order chi connectivity index (χ1) is 6.12. The van der Waals surface area contributed by atoms with Crippen LogP contribution in [0.5, 0.6) is 0 Å². The fraction of sp³-hybridized carbons (Fsp3) is 0.500. The summed E-state index contributed by atoms with van der Waals surface area (Å²) in [5, 5.41) is 0. The molecule has 0 bridgehead atoms. The molecule has 0 amide bonds. The van der Waals surface area contributed by atoms with E-state index < -0.39 is 11.8 Å². The molecule has 14 heavy (non-hydrogen) atoms. The van der Waals surface area contributed by atoms with Gasteiger partial charge in [-0.15, -0.1) is 0 Å². The lowest BCUT2D eigenvalue weighted by Crippen LogP contribution is -2.02. The summed E-state index contributed by atoms with van der Waals surface area (Å²) in [7, 11) is 0. The predicted molar refractivity (Wildman–Crippen MR) is 41.7 cm³/mol. The predicted octanol–water partition coefficient (Wildman–Crippen LogP) is 4.25. The van der Waals surface area contributed by atoms with E-state index in [9.17, 15) is 26.3 Å². The number of alkyl halides is 4. The third-order valence-corrected chi connectivity index (χ3v) is 0.711. The van der Waals surface area contributed by atoms with Crippen LogP contribution >= 0.6 is 0 Å². The van der Waals surface area contributed by atoms with E-state index in [-0.39, 0.29) is 24.8 Å². The van der Waals surface area contributed by atoms with E-state index in [1.807, 2.05) is 0 Å². The SMILES string of the molecule is CC(F)(F)C=CF.CC(F)(F)C=CF. The Balaban J connectivity index is 0. The summed E-state index contributed by atoms with van der Waals surface area (Å²) in [6.07, 6.45) is 0.0417. The van der Waals surface area contributed by atoms with Crippen molar-refractivity contribution in [3.8, 4) is 0 Å². The van der Waals surface area contributed by atoms with E-state index in [4.69, 9.17) is 0 Å². The molecule has 0 saturated carbocycles. The summed E-state index contributed by atoms with van der Waals surface area (Å²) in [5.41, 5.74) is 0. The van der Waals surface area contributed by atoms with Gasteiger partial charge in [0.1, 0.15) is 0 Å². The second-order valence-electron chi connectivity index (χ2n) is 2.50. The van der Waals surface area contributed by atoms with Gasteiger partial charge in [-0.3, -0.25) is 0 Å². The van der Waals surface area contributed by atoms with Crippen LogP contribution in [-0.4, -0.2) is 11.8 Å². The molecular formula is C8H10F6. The molecule has 6 heteroatoms.